The molecule has 2 aliphatic rings. The Morgan fingerprint density at radius 1 is 1.15 bits per heavy atom. The van der Waals surface area contributed by atoms with Crippen LogP contribution in [0.1, 0.15) is 19.3 Å². The third kappa shape index (κ3) is 3.20. The van der Waals surface area contributed by atoms with Crippen LogP contribution in [0.5, 0.6) is 0 Å². The van der Waals surface area contributed by atoms with E-state index in [1.54, 1.807) is 16.8 Å². The Morgan fingerprint density at radius 2 is 1.80 bits per heavy atom. The van der Waals surface area contributed by atoms with Crippen LogP contribution in [0.2, 0.25) is 0 Å². The topological polar surface area (TPSA) is 81.2 Å². The van der Waals surface area contributed by atoms with E-state index in [1.165, 1.54) is 4.90 Å². The van der Waals surface area contributed by atoms with E-state index in [9.17, 15) is 14.4 Å². The van der Waals surface area contributed by atoms with Gasteiger partial charge in [0.25, 0.3) is 0 Å². The zero-order valence-corrected chi connectivity index (χ0v) is 11.7. The molecule has 2 fully saturated rings. The number of rotatable bonds is 1. The fraction of sp³-hybridized carbons (Fsp3) is 0.769. The molecule has 2 rings (SSSR count). The van der Waals surface area contributed by atoms with E-state index in [-0.39, 0.29) is 17.7 Å². The first-order chi connectivity index (χ1) is 9.49. The van der Waals surface area contributed by atoms with Gasteiger partial charge in [-0.15, -0.1) is 0 Å². The molecule has 0 spiro atoms. The van der Waals surface area contributed by atoms with Crippen molar-refractivity contribution in [1.82, 2.24) is 14.7 Å². The van der Waals surface area contributed by atoms with E-state index in [0.29, 0.717) is 52.0 Å². The second-order valence-corrected chi connectivity index (χ2v) is 5.46. The molecular formula is C13H21N3O4. The van der Waals surface area contributed by atoms with Crippen LogP contribution < -0.4 is 0 Å². The molecule has 7 nitrogen and oxygen atoms in total. The lowest BCUT2D eigenvalue weighted by Crippen LogP contribution is -2.46. The van der Waals surface area contributed by atoms with E-state index in [1.807, 2.05) is 0 Å². The SMILES string of the molecule is CN1CC(C(=O)N2CCCN(C(=O)O)CC2)CCC1=O. The van der Waals surface area contributed by atoms with Crippen LogP contribution in [0.3, 0.4) is 0 Å². The molecule has 3 amide bonds. The molecular weight excluding hydrogens is 262 g/mol. The predicted octanol–water partition coefficient (Wildman–Crippen LogP) is 0.0671. The Labute approximate surface area is 118 Å². The molecule has 7 heteroatoms. The molecule has 0 aromatic heterocycles. The maximum absolute atomic E-state index is 12.5. The van der Waals surface area contributed by atoms with Crippen LogP contribution in [0.25, 0.3) is 0 Å². The Hall–Kier alpha value is -1.79. The summed E-state index contributed by atoms with van der Waals surface area (Å²) in [5, 5.41) is 8.98. The number of piperidine rings is 1. The van der Waals surface area contributed by atoms with E-state index in [2.05, 4.69) is 0 Å². The lowest BCUT2D eigenvalue weighted by molar-refractivity contribution is -0.142. The van der Waals surface area contributed by atoms with Crippen molar-refractivity contribution in [2.24, 2.45) is 5.92 Å². The summed E-state index contributed by atoms with van der Waals surface area (Å²) in [5.41, 5.74) is 0. The van der Waals surface area contributed by atoms with Gasteiger partial charge in [-0.05, 0) is 12.8 Å². The maximum atomic E-state index is 12.5. The lowest BCUT2D eigenvalue weighted by Gasteiger charge is -2.32. The van der Waals surface area contributed by atoms with Crippen molar-refractivity contribution < 1.29 is 19.5 Å². The molecule has 20 heavy (non-hydrogen) atoms. The van der Waals surface area contributed by atoms with Crippen LogP contribution in [0, 0.1) is 5.92 Å². The van der Waals surface area contributed by atoms with Gasteiger partial charge in [-0.2, -0.15) is 0 Å². The zero-order valence-electron chi connectivity index (χ0n) is 11.7. The summed E-state index contributed by atoms with van der Waals surface area (Å²) in [5.74, 6) is -0.00682. The third-order valence-corrected chi connectivity index (χ3v) is 4.05. The molecule has 0 aromatic rings. The molecule has 2 saturated heterocycles. The number of carbonyl (C=O) groups is 3. The van der Waals surface area contributed by atoms with Gasteiger partial charge >= 0.3 is 6.09 Å². The monoisotopic (exact) mass is 283 g/mol. The van der Waals surface area contributed by atoms with Gasteiger partial charge < -0.3 is 19.8 Å². The molecule has 0 radical (unpaired) electrons. The number of hydrogen-bond acceptors (Lipinski definition) is 3. The highest BCUT2D eigenvalue weighted by molar-refractivity contribution is 5.83. The van der Waals surface area contributed by atoms with Gasteiger partial charge in [-0.25, -0.2) is 4.79 Å². The van der Waals surface area contributed by atoms with Crippen LogP contribution in [0.4, 0.5) is 4.79 Å². The van der Waals surface area contributed by atoms with Crippen LogP contribution in [-0.4, -0.2) is 77.5 Å². The second kappa shape index (κ2) is 6.11. The van der Waals surface area contributed by atoms with Gasteiger partial charge in [0, 0.05) is 46.2 Å². The highest BCUT2D eigenvalue weighted by Gasteiger charge is 2.32. The van der Waals surface area contributed by atoms with Gasteiger partial charge in [-0.3, -0.25) is 9.59 Å². The minimum atomic E-state index is -0.928. The average molecular weight is 283 g/mol. The lowest BCUT2D eigenvalue weighted by atomic mass is 9.96. The van der Waals surface area contributed by atoms with Gasteiger partial charge in [-0.1, -0.05) is 0 Å². The maximum Gasteiger partial charge on any atom is 0.407 e. The van der Waals surface area contributed by atoms with Crippen molar-refractivity contribution in [3.8, 4) is 0 Å². The Morgan fingerprint density at radius 3 is 2.45 bits per heavy atom. The highest BCUT2D eigenvalue weighted by Crippen LogP contribution is 2.19. The molecule has 1 atom stereocenters. The zero-order chi connectivity index (χ0) is 14.7. The minimum absolute atomic E-state index is 0.0524. The van der Waals surface area contributed by atoms with Gasteiger partial charge in [0.2, 0.25) is 11.8 Å². The first-order valence-electron chi connectivity index (χ1n) is 6.99. The molecule has 112 valence electrons. The smallest absolute Gasteiger partial charge is 0.407 e. The van der Waals surface area contributed by atoms with Crippen molar-refractivity contribution in [1.29, 1.82) is 0 Å². The molecule has 0 aromatic carbocycles. The van der Waals surface area contributed by atoms with Crippen LogP contribution in [0.15, 0.2) is 0 Å². The third-order valence-electron chi connectivity index (χ3n) is 4.05. The van der Waals surface area contributed by atoms with E-state index in [4.69, 9.17) is 5.11 Å². The predicted molar refractivity (Wildman–Crippen MR) is 71.2 cm³/mol. The Balaban J connectivity index is 1.92. The van der Waals surface area contributed by atoms with E-state index in [0.717, 1.165) is 0 Å². The second-order valence-electron chi connectivity index (χ2n) is 5.46. The first kappa shape index (κ1) is 14.6. The summed E-state index contributed by atoms with van der Waals surface area (Å²) >= 11 is 0. The quantitative estimate of drug-likeness (QED) is 0.738. The van der Waals surface area contributed by atoms with Crippen molar-refractivity contribution in [3.63, 3.8) is 0 Å². The largest absolute Gasteiger partial charge is 0.465 e. The summed E-state index contributed by atoms with van der Waals surface area (Å²) in [6.07, 6.45) is 0.755. The van der Waals surface area contributed by atoms with Crippen molar-refractivity contribution in [3.05, 3.63) is 0 Å². The first-order valence-corrected chi connectivity index (χ1v) is 6.99. The van der Waals surface area contributed by atoms with Gasteiger partial charge in [0.05, 0.1) is 5.92 Å². The molecule has 2 heterocycles. The van der Waals surface area contributed by atoms with Crippen molar-refractivity contribution in [2.45, 2.75) is 19.3 Å². The average Bonchev–Trinajstić information content (AvgIpc) is 2.67. The normalized spacial score (nSPS) is 24.6. The number of amides is 3. The number of carbonyl (C=O) groups excluding carboxylic acids is 2. The van der Waals surface area contributed by atoms with Gasteiger partial charge in [0.1, 0.15) is 0 Å². The van der Waals surface area contributed by atoms with E-state index >= 15 is 0 Å². The number of likely N-dealkylation sites (tertiary alicyclic amines) is 1. The molecule has 0 aliphatic carbocycles. The summed E-state index contributed by atoms with van der Waals surface area (Å²) in [6, 6.07) is 0. The summed E-state index contributed by atoms with van der Waals surface area (Å²) in [6.45, 7) is 2.34. The summed E-state index contributed by atoms with van der Waals surface area (Å²) < 4.78 is 0. The molecule has 0 saturated carbocycles. The summed E-state index contributed by atoms with van der Waals surface area (Å²) in [4.78, 5) is 39.5. The number of nitrogens with zero attached hydrogens (tertiary/aromatic N) is 3. The number of hydrogen-bond donors (Lipinski definition) is 1. The Bertz CT molecular complexity index is 412. The molecule has 1 N–H and O–H groups in total. The number of carboxylic acid groups (broad SMARTS) is 1. The fourth-order valence-corrected chi connectivity index (χ4v) is 2.80. The van der Waals surface area contributed by atoms with Gasteiger partial charge in [0.15, 0.2) is 0 Å². The van der Waals surface area contributed by atoms with Crippen LogP contribution >= 0.6 is 0 Å². The van der Waals surface area contributed by atoms with E-state index < -0.39 is 6.09 Å². The molecule has 0 bridgehead atoms. The minimum Gasteiger partial charge on any atom is -0.465 e. The van der Waals surface area contributed by atoms with Crippen LogP contribution in [-0.2, 0) is 9.59 Å². The van der Waals surface area contributed by atoms with Crippen molar-refractivity contribution >= 4 is 17.9 Å². The fourth-order valence-electron chi connectivity index (χ4n) is 2.80. The highest BCUT2D eigenvalue weighted by atomic mass is 16.4. The molecule has 1 unspecified atom stereocenters. The van der Waals surface area contributed by atoms with Crippen molar-refractivity contribution in [2.75, 3.05) is 39.8 Å². The standard InChI is InChI=1S/C13H21N3O4/c1-14-9-10(3-4-11(14)17)12(18)15-5-2-6-16(8-7-15)13(19)20/h10H,2-9H2,1H3,(H,19,20). The molecule has 2 aliphatic heterocycles. The summed E-state index contributed by atoms with van der Waals surface area (Å²) in [7, 11) is 1.72. The Kier molecular flexibility index (Phi) is 4.46.